The summed E-state index contributed by atoms with van der Waals surface area (Å²) < 4.78 is 16.2. The van der Waals surface area contributed by atoms with Crippen LogP contribution in [0.2, 0.25) is 0 Å². The minimum Gasteiger partial charge on any atom is -0.493 e. The Kier molecular flexibility index (Phi) is 12.3. The van der Waals surface area contributed by atoms with Gasteiger partial charge in [0.1, 0.15) is 18.5 Å². The Labute approximate surface area is 176 Å². The number of hydrogen-bond acceptors (Lipinski definition) is 7. The molecule has 0 saturated heterocycles. The summed E-state index contributed by atoms with van der Waals surface area (Å²) in [6.07, 6.45) is 8.81. The first-order valence-corrected chi connectivity index (χ1v) is 9.98. The minimum atomic E-state index is -0.648. The van der Waals surface area contributed by atoms with E-state index in [1.807, 2.05) is 26.0 Å². The van der Waals surface area contributed by atoms with Crippen LogP contribution in [0.25, 0.3) is 0 Å². The Balaban J connectivity index is 2.56. The van der Waals surface area contributed by atoms with Gasteiger partial charge in [-0.25, -0.2) is 0 Å². The molecule has 8 nitrogen and oxygen atoms in total. The second-order valence-electron chi connectivity index (χ2n) is 6.35. The van der Waals surface area contributed by atoms with Gasteiger partial charge in [0.15, 0.2) is 0 Å². The summed E-state index contributed by atoms with van der Waals surface area (Å²) in [7, 11) is 0. The van der Waals surface area contributed by atoms with Crippen LogP contribution in [0, 0.1) is 10.1 Å². The number of allylic oxidation sites excluding steroid dienone is 2. The van der Waals surface area contributed by atoms with E-state index in [0.29, 0.717) is 12.2 Å². The third-order valence-corrected chi connectivity index (χ3v) is 3.86. The van der Waals surface area contributed by atoms with Crippen molar-refractivity contribution < 1.29 is 28.7 Å². The second kappa shape index (κ2) is 14.8. The first-order chi connectivity index (χ1) is 14.5. The number of ether oxygens (including phenoxy) is 3. The molecule has 1 rings (SSSR count). The molecule has 0 aliphatic heterocycles. The van der Waals surface area contributed by atoms with Crippen LogP contribution in [0.3, 0.4) is 0 Å². The van der Waals surface area contributed by atoms with Gasteiger partial charge in [0.2, 0.25) is 0 Å². The van der Waals surface area contributed by atoms with E-state index in [-0.39, 0.29) is 31.7 Å². The highest BCUT2D eigenvalue weighted by Crippen LogP contribution is 2.17. The lowest BCUT2D eigenvalue weighted by atomic mass is 10.2. The van der Waals surface area contributed by atoms with E-state index in [2.05, 4.69) is 0 Å². The van der Waals surface area contributed by atoms with E-state index in [1.165, 1.54) is 24.3 Å². The Morgan fingerprint density at radius 3 is 2.17 bits per heavy atom. The van der Waals surface area contributed by atoms with Crippen molar-refractivity contribution in [3.8, 4) is 5.75 Å². The zero-order valence-corrected chi connectivity index (χ0v) is 17.5. The molecule has 0 saturated carbocycles. The van der Waals surface area contributed by atoms with Crippen LogP contribution in [-0.2, 0) is 19.1 Å². The van der Waals surface area contributed by atoms with Gasteiger partial charge in [-0.1, -0.05) is 38.2 Å². The first-order valence-electron chi connectivity index (χ1n) is 9.98. The van der Waals surface area contributed by atoms with Gasteiger partial charge in [-0.3, -0.25) is 19.7 Å². The summed E-state index contributed by atoms with van der Waals surface area (Å²) >= 11 is 0. The Hall–Kier alpha value is -3.16. The maximum absolute atomic E-state index is 12.0. The average molecular weight is 419 g/mol. The van der Waals surface area contributed by atoms with Crippen molar-refractivity contribution in [2.75, 3.05) is 13.2 Å². The van der Waals surface area contributed by atoms with Crippen LogP contribution >= 0.6 is 0 Å². The molecule has 0 aliphatic rings. The highest BCUT2D eigenvalue weighted by Gasteiger charge is 2.17. The van der Waals surface area contributed by atoms with Gasteiger partial charge >= 0.3 is 11.9 Å². The molecule has 8 heteroatoms. The molecule has 0 N–H and O–H groups in total. The van der Waals surface area contributed by atoms with Crippen LogP contribution in [0.4, 0.5) is 5.69 Å². The van der Waals surface area contributed by atoms with Crippen LogP contribution < -0.4 is 4.74 Å². The average Bonchev–Trinajstić information content (AvgIpc) is 2.72. The fourth-order valence-corrected chi connectivity index (χ4v) is 2.32. The molecule has 0 spiro atoms. The Bertz CT molecular complexity index is 726. The molecule has 0 radical (unpaired) electrons. The van der Waals surface area contributed by atoms with Gasteiger partial charge in [0, 0.05) is 18.6 Å². The molecular weight excluding hydrogens is 390 g/mol. The molecule has 0 bridgehead atoms. The number of nitro groups is 1. The fourth-order valence-electron chi connectivity index (χ4n) is 2.32. The van der Waals surface area contributed by atoms with Crippen molar-refractivity contribution >= 4 is 17.6 Å². The summed E-state index contributed by atoms with van der Waals surface area (Å²) in [6.45, 7) is 4.06. The highest BCUT2D eigenvalue weighted by molar-refractivity contribution is 5.72. The van der Waals surface area contributed by atoms with Crippen LogP contribution in [0.5, 0.6) is 5.75 Å². The maximum Gasteiger partial charge on any atom is 0.310 e. The molecule has 30 heavy (non-hydrogen) atoms. The van der Waals surface area contributed by atoms with Gasteiger partial charge in [-0.05, 0) is 25.0 Å². The van der Waals surface area contributed by atoms with Crippen molar-refractivity contribution in [1.82, 2.24) is 0 Å². The number of non-ortho nitro benzene ring substituents is 1. The first kappa shape index (κ1) is 24.9. The molecule has 0 amide bonds. The monoisotopic (exact) mass is 419 g/mol. The zero-order valence-electron chi connectivity index (χ0n) is 17.5. The largest absolute Gasteiger partial charge is 0.493 e. The van der Waals surface area contributed by atoms with Crippen LogP contribution in [-0.4, -0.2) is 36.2 Å². The molecule has 1 aromatic rings. The van der Waals surface area contributed by atoms with E-state index < -0.39 is 23.0 Å². The SMILES string of the molecule is CCC=CCC(=O)OCC(CCOc1ccc([N+](=O)[O-])cc1)OC(=O)CC=CCC. The van der Waals surface area contributed by atoms with Crippen molar-refractivity contribution in [2.45, 2.75) is 52.1 Å². The van der Waals surface area contributed by atoms with Gasteiger partial charge in [-0.15, -0.1) is 0 Å². The second-order valence-corrected chi connectivity index (χ2v) is 6.35. The molecule has 1 aromatic carbocycles. The van der Waals surface area contributed by atoms with Gasteiger partial charge in [-0.2, -0.15) is 0 Å². The summed E-state index contributed by atoms with van der Waals surface area (Å²) in [4.78, 5) is 34.0. The summed E-state index contributed by atoms with van der Waals surface area (Å²) in [6, 6.07) is 5.68. The molecule has 1 atom stereocenters. The van der Waals surface area contributed by atoms with E-state index >= 15 is 0 Å². The number of nitrogens with zero attached hydrogens (tertiary/aromatic N) is 1. The number of nitro benzene ring substituents is 1. The number of esters is 2. The molecule has 0 aliphatic carbocycles. The molecule has 0 heterocycles. The third kappa shape index (κ3) is 11.0. The molecule has 0 fully saturated rings. The van der Waals surface area contributed by atoms with Crippen molar-refractivity contribution in [2.24, 2.45) is 0 Å². The number of rotatable bonds is 14. The topological polar surface area (TPSA) is 105 Å². The summed E-state index contributed by atoms with van der Waals surface area (Å²) in [5, 5.41) is 10.7. The highest BCUT2D eigenvalue weighted by atomic mass is 16.6. The fraction of sp³-hybridized carbons (Fsp3) is 0.455. The van der Waals surface area contributed by atoms with E-state index in [0.717, 1.165) is 12.8 Å². The Morgan fingerprint density at radius 2 is 1.60 bits per heavy atom. The van der Waals surface area contributed by atoms with Crippen molar-refractivity contribution in [1.29, 1.82) is 0 Å². The van der Waals surface area contributed by atoms with Crippen LogP contribution in [0.1, 0.15) is 46.0 Å². The lowest BCUT2D eigenvalue weighted by Crippen LogP contribution is -2.27. The molecule has 164 valence electrons. The zero-order chi connectivity index (χ0) is 22.2. The number of hydrogen-bond donors (Lipinski definition) is 0. The number of benzene rings is 1. The van der Waals surface area contributed by atoms with E-state index in [1.54, 1.807) is 12.2 Å². The Morgan fingerprint density at radius 1 is 1.00 bits per heavy atom. The molecule has 0 aromatic heterocycles. The predicted octanol–water partition coefficient (Wildman–Crippen LogP) is 4.53. The van der Waals surface area contributed by atoms with Crippen molar-refractivity contribution in [3.63, 3.8) is 0 Å². The normalized spacial score (nSPS) is 12.1. The standard InChI is InChI=1S/C22H29NO7/c1-3-5-7-9-21(24)29-17-20(30-22(25)10-8-6-4-2)15-16-28-19-13-11-18(12-14-19)23(26)27/h5-8,11-14,20H,3-4,9-10,15-17H2,1-2H3. The number of carbonyl (C=O) groups excluding carboxylic acids is 2. The number of carbonyl (C=O) groups is 2. The molecule has 1 unspecified atom stereocenters. The summed E-state index contributed by atoms with van der Waals surface area (Å²) in [5.74, 6) is -0.358. The summed E-state index contributed by atoms with van der Waals surface area (Å²) in [5.41, 5.74) is -0.0293. The van der Waals surface area contributed by atoms with Gasteiger partial charge in [0.25, 0.3) is 5.69 Å². The quantitative estimate of drug-likeness (QED) is 0.189. The van der Waals surface area contributed by atoms with Gasteiger partial charge in [0.05, 0.1) is 24.4 Å². The lowest BCUT2D eigenvalue weighted by Gasteiger charge is -2.18. The van der Waals surface area contributed by atoms with Crippen molar-refractivity contribution in [3.05, 3.63) is 58.7 Å². The van der Waals surface area contributed by atoms with Gasteiger partial charge < -0.3 is 14.2 Å². The van der Waals surface area contributed by atoms with E-state index in [9.17, 15) is 19.7 Å². The maximum atomic E-state index is 12.0. The lowest BCUT2D eigenvalue weighted by molar-refractivity contribution is -0.384. The van der Waals surface area contributed by atoms with E-state index in [4.69, 9.17) is 14.2 Å². The third-order valence-electron chi connectivity index (χ3n) is 3.86. The smallest absolute Gasteiger partial charge is 0.310 e. The molecular formula is C22H29NO7. The predicted molar refractivity (Wildman–Crippen MR) is 112 cm³/mol. The van der Waals surface area contributed by atoms with Crippen LogP contribution in [0.15, 0.2) is 48.6 Å². The minimum absolute atomic E-state index is 0.0293.